The van der Waals surface area contributed by atoms with Crippen molar-refractivity contribution in [2.75, 3.05) is 36.5 Å². The van der Waals surface area contributed by atoms with Gasteiger partial charge in [-0.25, -0.2) is 0 Å². The maximum Gasteiger partial charge on any atom is 0.416 e. The lowest BCUT2D eigenvalue weighted by Gasteiger charge is -2.31. The summed E-state index contributed by atoms with van der Waals surface area (Å²) in [5.74, 6) is -0.498. The van der Waals surface area contributed by atoms with Crippen LogP contribution in [0.4, 0.5) is 24.5 Å². The molecule has 1 fully saturated rings. The lowest BCUT2D eigenvalue weighted by Crippen LogP contribution is -2.37. The molecule has 0 bridgehead atoms. The van der Waals surface area contributed by atoms with Crippen molar-refractivity contribution in [3.63, 3.8) is 0 Å². The number of morpholine rings is 1. The fourth-order valence-electron chi connectivity index (χ4n) is 3.70. The summed E-state index contributed by atoms with van der Waals surface area (Å²) in [4.78, 5) is 19.5. The fourth-order valence-corrected chi connectivity index (χ4v) is 3.70. The number of amides is 1. The van der Waals surface area contributed by atoms with Gasteiger partial charge in [0, 0.05) is 18.5 Å². The number of pyridine rings is 1. The highest BCUT2D eigenvalue weighted by Gasteiger charge is 2.32. The lowest BCUT2D eigenvalue weighted by atomic mass is 10.1. The maximum atomic E-state index is 13.3. The quantitative estimate of drug-likeness (QED) is 0.640. The molecule has 0 spiro atoms. The molecule has 0 aliphatic carbocycles. The van der Waals surface area contributed by atoms with Crippen LogP contribution in [0.2, 0.25) is 0 Å². The third-order valence-electron chi connectivity index (χ3n) is 5.33. The molecule has 8 heteroatoms. The van der Waals surface area contributed by atoms with E-state index in [2.05, 4.69) is 10.3 Å². The fraction of sp³-hybridized carbons (Fsp3) is 0.304. The van der Waals surface area contributed by atoms with Gasteiger partial charge < -0.3 is 15.0 Å². The standard InChI is InChI=1S/C23H22F3N3O2/c1-14-3-5-19-16(11-14)12-18(15(2)27-19)22(30)28-20-13-17(23(24,25)26)4-6-21(20)29-7-9-31-10-8-29/h3-6,11-13H,7-10H2,1-2H3,(H,28,30). The molecule has 0 atom stereocenters. The molecule has 1 aliphatic heterocycles. The summed E-state index contributed by atoms with van der Waals surface area (Å²) < 4.78 is 45.3. The van der Waals surface area contributed by atoms with Crippen molar-refractivity contribution in [2.24, 2.45) is 0 Å². The zero-order valence-corrected chi connectivity index (χ0v) is 17.2. The van der Waals surface area contributed by atoms with Crippen LogP contribution in [0.3, 0.4) is 0 Å². The Morgan fingerprint density at radius 1 is 1.06 bits per heavy atom. The van der Waals surface area contributed by atoms with Gasteiger partial charge >= 0.3 is 6.18 Å². The Labute approximate surface area is 177 Å². The van der Waals surface area contributed by atoms with Crippen LogP contribution < -0.4 is 10.2 Å². The van der Waals surface area contributed by atoms with Crippen molar-refractivity contribution in [3.05, 3.63) is 64.8 Å². The van der Waals surface area contributed by atoms with Gasteiger partial charge in [-0.3, -0.25) is 9.78 Å². The molecule has 0 unspecified atom stereocenters. The smallest absolute Gasteiger partial charge is 0.378 e. The third kappa shape index (κ3) is 4.49. The Balaban J connectivity index is 1.72. The maximum absolute atomic E-state index is 13.3. The minimum atomic E-state index is -4.51. The number of aromatic nitrogens is 1. The molecular formula is C23H22F3N3O2. The van der Waals surface area contributed by atoms with Gasteiger partial charge in [-0.05, 0) is 50.2 Å². The van der Waals surface area contributed by atoms with E-state index in [9.17, 15) is 18.0 Å². The second kappa shape index (κ2) is 8.19. The summed E-state index contributed by atoms with van der Waals surface area (Å²) in [5.41, 5.74) is 2.45. The summed E-state index contributed by atoms with van der Waals surface area (Å²) in [7, 11) is 0. The number of halogens is 3. The average molecular weight is 429 g/mol. The summed E-state index contributed by atoms with van der Waals surface area (Å²) >= 11 is 0. The predicted molar refractivity (Wildman–Crippen MR) is 114 cm³/mol. The number of hydrogen-bond donors (Lipinski definition) is 1. The normalized spacial score (nSPS) is 14.7. The number of anilines is 2. The van der Waals surface area contributed by atoms with E-state index in [1.54, 1.807) is 13.0 Å². The van der Waals surface area contributed by atoms with Crippen molar-refractivity contribution < 1.29 is 22.7 Å². The van der Waals surface area contributed by atoms with Crippen LogP contribution in [0.1, 0.15) is 27.2 Å². The number of aryl methyl sites for hydroxylation is 2. The van der Waals surface area contributed by atoms with Crippen molar-refractivity contribution in [3.8, 4) is 0 Å². The first-order chi connectivity index (χ1) is 14.7. The van der Waals surface area contributed by atoms with Crippen LogP contribution in [-0.2, 0) is 10.9 Å². The number of ether oxygens (including phenoxy) is 1. The number of nitrogens with one attached hydrogen (secondary N) is 1. The molecule has 1 aromatic heterocycles. The highest BCUT2D eigenvalue weighted by Crippen LogP contribution is 2.36. The summed E-state index contributed by atoms with van der Waals surface area (Å²) in [6, 6.07) is 10.9. The molecule has 0 saturated carbocycles. The molecule has 3 aromatic rings. The van der Waals surface area contributed by atoms with Crippen molar-refractivity contribution in [2.45, 2.75) is 20.0 Å². The highest BCUT2D eigenvalue weighted by molar-refractivity contribution is 6.08. The molecular weight excluding hydrogens is 407 g/mol. The van der Waals surface area contributed by atoms with Gasteiger partial charge in [0.05, 0.1) is 46.9 Å². The van der Waals surface area contributed by atoms with Crippen LogP contribution in [-0.4, -0.2) is 37.2 Å². The first-order valence-electron chi connectivity index (χ1n) is 9.96. The number of alkyl halides is 3. The average Bonchev–Trinajstić information content (AvgIpc) is 2.73. The first-order valence-corrected chi connectivity index (χ1v) is 9.96. The van der Waals surface area contributed by atoms with E-state index in [4.69, 9.17) is 4.74 Å². The minimum Gasteiger partial charge on any atom is -0.378 e. The number of nitrogens with zero attached hydrogens (tertiary/aromatic N) is 2. The number of rotatable bonds is 3. The van der Waals surface area contributed by atoms with Crippen LogP contribution in [0.15, 0.2) is 42.5 Å². The van der Waals surface area contributed by atoms with Gasteiger partial charge in [0.15, 0.2) is 0 Å². The Bertz CT molecular complexity index is 1140. The summed E-state index contributed by atoms with van der Waals surface area (Å²) in [5, 5.41) is 3.49. The minimum absolute atomic E-state index is 0.116. The topological polar surface area (TPSA) is 54.5 Å². The molecule has 2 aromatic carbocycles. The molecule has 2 heterocycles. The van der Waals surface area contributed by atoms with Crippen molar-refractivity contribution >= 4 is 28.2 Å². The van der Waals surface area contributed by atoms with Crippen LogP contribution in [0.25, 0.3) is 10.9 Å². The van der Waals surface area contributed by atoms with Gasteiger partial charge in [-0.15, -0.1) is 0 Å². The second-order valence-electron chi connectivity index (χ2n) is 7.60. The SMILES string of the molecule is Cc1ccc2nc(C)c(C(=O)Nc3cc(C(F)(F)F)ccc3N3CCOCC3)cc2c1. The Hall–Kier alpha value is -3.13. The first kappa shape index (κ1) is 21.1. The van der Waals surface area contributed by atoms with Gasteiger partial charge in [0.2, 0.25) is 0 Å². The van der Waals surface area contributed by atoms with E-state index < -0.39 is 17.6 Å². The van der Waals surface area contributed by atoms with E-state index in [-0.39, 0.29) is 5.69 Å². The van der Waals surface area contributed by atoms with Crippen molar-refractivity contribution in [1.82, 2.24) is 4.98 Å². The van der Waals surface area contributed by atoms with E-state index >= 15 is 0 Å². The Morgan fingerprint density at radius 2 is 1.81 bits per heavy atom. The van der Waals surface area contributed by atoms with Gasteiger partial charge in [0.25, 0.3) is 5.91 Å². The molecule has 1 saturated heterocycles. The monoisotopic (exact) mass is 429 g/mol. The molecule has 1 amide bonds. The summed E-state index contributed by atoms with van der Waals surface area (Å²) in [6.45, 7) is 5.66. The van der Waals surface area contributed by atoms with E-state index in [1.165, 1.54) is 6.07 Å². The molecule has 162 valence electrons. The molecule has 1 N–H and O–H groups in total. The predicted octanol–water partition coefficient (Wildman–Crippen LogP) is 4.96. The van der Waals surface area contributed by atoms with Crippen LogP contribution in [0, 0.1) is 13.8 Å². The lowest BCUT2D eigenvalue weighted by molar-refractivity contribution is -0.137. The highest BCUT2D eigenvalue weighted by atomic mass is 19.4. The number of hydrogen-bond acceptors (Lipinski definition) is 4. The van der Waals surface area contributed by atoms with Crippen molar-refractivity contribution in [1.29, 1.82) is 0 Å². The number of carbonyl (C=O) groups is 1. The molecule has 0 radical (unpaired) electrons. The zero-order chi connectivity index (χ0) is 22.2. The Morgan fingerprint density at radius 3 is 2.52 bits per heavy atom. The van der Waals surface area contributed by atoms with Gasteiger partial charge in [-0.2, -0.15) is 13.2 Å². The molecule has 1 aliphatic rings. The van der Waals surface area contributed by atoms with E-state index in [1.807, 2.05) is 30.0 Å². The number of carbonyl (C=O) groups excluding carboxylic acids is 1. The van der Waals surface area contributed by atoms with Crippen LogP contribution in [0.5, 0.6) is 0 Å². The largest absolute Gasteiger partial charge is 0.416 e. The van der Waals surface area contributed by atoms with E-state index in [0.717, 1.165) is 28.6 Å². The summed E-state index contributed by atoms with van der Waals surface area (Å²) in [6.07, 6.45) is -4.51. The van der Waals surface area contributed by atoms with Gasteiger partial charge in [-0.1, -0.05) is 11.6 Å². The molecule has 4 rings (SSSR count). The molecule has 5 nitrogen and oxygen atoms in total. The van der Waals surface area contributed by atoms with E-state index in [0.29, 0.717) is 43.2 Å². The van der Waals surface area contributed by atoms with Crippen LogP contribution >= 0.6 is 0 Å². The number of benzene rings is 2. The third-order valence-corrected chi connectivity index (χ3v) is 5.33. The Kier molecular flexibility index (Phi) is 5.58. The molecule has 31 heavy (non-hydrogen) atoms. The second-order valence-corrected chi connectivity index (χ2v) is 7.60. The number of fused-ring (bicyclic) bond motifs is 1. The van der Waals surface area contributed by atoms with Gasteiger partial charge in [0.1, 0.15) is 0 Å². The zero-order valence-electron chi connectivity index (χ0n) is 17.2.